The number of aromatic carboxylic acids is 1. The van der Waals surface area contributed by atoms with Gasteiger partial charge in [0.2, 0.25) is 0 Å². The summed E-state index contributed by atoms with van der Waals surface area (Å²) in [6.07, 6.45) is 1.31. The van der Waals surface area contributed by atoms with Gasteiger partial charge in [0.05, 0.1) is 10.7 Å². The van der Waals surface area contributed by atoms with Gasteiger partial charge < -0.3 is 10.0 Å². The van der Waals surface area contributed by atoms with Gasteiger partial charge in [-0.15, -0.1) is 11.3 Å². The molecule has 1 aliphatic rings. The SMILES string of the molecule is Cc1nc(C(C)CN2CC(C)CC(C)C2)sc1C(=O)O. The zero-order chi connectivity index (χ0) is 14.9. The molecule has 3 atom stereocenters. The van der Waals surface area contributed by atoms with Crippen LogP contribution in [0.3, 0.4) is 0 Å². The van der Waals surface area contributed by atoms with E-state index in [1.165, 1.54) is 17.8 Å². The lowest BCUT2D eigenvalue weighted by Gasteiger charge is -2.36. The van der Waals surface area contributed by atoms with E-state index in [0.29, 0.717) is 16.5 Å². The predicted octanol–water partition coefficient (Wildman–Crippen LogP) is 3.23. The second-order valence-electron chi connectivity index (χ2n) is 6.34. The van der Waals surface area contributed by atoms with E-state index in [2.05, 4.69) is 30.7 Å². The van der Waals surface area contributed by atoms with E-state index < -0.39 is 5.97 Å². The van der Waals surface area contributed by atoms with Crippen LogP contribution in [0.2, 0.25) is 0 Å². The molecule has 0 amide bonds. The number of thiazole rings is 1. The number of aromatic nitrogens is 1. The predicted molar refractivity (Wildman–Crippen MR) is 81.6 cm³/mol. The van der Waals surface area contributed by atoms with Crippen LogP contribution >= 0.6 is 11.3 Å². The first-order valence-corrected chi connectivity index (χ1v) is 8.11. The molecule has 112 valence electrons. The maximum absolute atomic E-state index is 11.1. The van der Waals surface area contributed by atoms with Gasteiger partial charge in [-0.25, -0.2) is 9.78 Å². The Morgan fingerprint density at radius 1 is 1.45 bits per heavy atom. The van der Waals surface area contributed by atoms with E-state index in [9.17, 15) is 4.79 Å². The standard InChI is InChI=1S/C15H24N2O2S/c1-9-5-10(2)7-17(6-9)8-11(3)14-16-12(4)13(20-14)15(18)19/h9-11H,5-8H2,1-4H3,(H,18,19). The Bertz CT molecular complexity index is 476. The van der Waals surface area contributed by atoms with Gasteiger partial charge in [-0.1, -0.05) is 20.8 Å². The quantitative estimate of drug-likeness (QED) is 0.927. The molecule has 0 saturated carbocycles. The molecule has 1 aliphatic heterocycles. The molecule has 0 aliphatic carbocycles. The lowest BCUT2D eigenvalue weighted by molar-refractivity contribution is 0.0701. The minimum atomic E-state index is -0.862. The van der Waals surface area contributed by atoms with Crippen LogP contribution in [0.5, 0.6) is 0 Å². The van der Waals surface area contributed by atoms with E-state index in [1.807, 2.05) is 0 Å². The van der Waals surface area contributed by atoms with Crippen molar-refractivity contribution < 1.29 is 9.90 Å². The largest absolute Gasteiger partial charge is 0.477 e. The van der Waals surface area contributed by atoms with Crippen LogP contribution in [-0.2, 0) is 0 Å². The Hall–Kier alpha value is -0.940. The third-order valence-electron chi connectivity index (χ3n) is 3.91. The zero-order valence-corrected chi connectivity index (χ0v) is 13.5. The highest BCUT2D eigenvalue weighted by molar-refractivity contribution is 7.13. The lowest BCUT2D eigenvalue weighted by atomic mass is 9.91. The van der Waals surface area contributed by atoms with Crippen molar-refractivity contribution in [1.82, 2.24) is 9.88 Å². The Morgan fingerprint density at radius 3 is 2.55 bits per heavy atom. The summed E-state index contributed by atoms with van der Waals surface area (Å²) >= 11 is 1.33. The molecular formula is C15H24N2O2S. The van der Waals surface area contributed by atoms with E-state index in [1.54, 1.807) is 6.92 Å². The molecular weight excluding hydrogens is 272 g/mol. The highest BCUT2D eigenvalue weighted by atomic mass is 32.1. The van der Waals surface area contributed by atoms with Gasteiger partial charge in [0.1, 0.15) is 4.88 Å². The van der Waals surface area contributed by atoms with Gasteiger partial charge in [0.15, 0.2) is 0 Å². The number of rotatable bonds is 4. The molecule has 0 radical (unpaired) electrons. The fraction of sp³-hybridized carbons (Fsp3) is 0.733. The van der Waals surface area contributed by atoms with Crippen LogP contribution in [0.25, 0.3) is 0 Å². The minimum Gasteiger partial charge on any atom is -0.477 e. The van der Waals surface area contributed by atoms with Gasteiger partial charge in [-0.3, -0.25) is 0 Å². The number of likely N-dealkylation sites (tertiary alicyclic amines) is 1. The number of piperidine rings is 1. The maximum Gasteiger partial charge on any atom is 0.347 e. The molecule has 0 bridgehead atoms. The summed E-state index contributed by atoms with van der Waals surface area (Å²) in [6, 6.07) is 0. The van der Waals surface area contributed by atoms with Crippen molar-refractivity contribution in [2.45, 2.75) is 40.0 Å². The summed E-state index contributed by atoms with van der Waals surface area (Å²) in [5.74, 6) is 0.931. The molecule has 0 aromatic carbocycles. The van der Waals surface area contributed by atoms with Crippen molar-refractivity contribution in [2.75, 3.05) is 19.6 Å². The molecule has 4 nitrogen and oxygen atoms in total. The maximum atomic E-state index is 11.1. The van der Waals surface area contributed by atoms with Gasteiger partial charge in [0, 0.05) is 25.6 Å². The van der Waals surface area contributed by atoms with E-state index >= 15 is 0 Å². The summed E-state index contributed by atoms with van der Waals surface area (Å²) in [7, 11) is 0. The van der Waals surface area contributed by atoms with Crippen LogP contribution in [0, 0.1) is 18.8 Å². The van der Waals surface area contributed by atoms with Crippen molar-refractivity contribution in [3.63, 3.8) is 0 Å². The van der Waals surface area contributed by atoms with Gasteiger partial charge >= 0.3 is 5.97 Å². The first-order valence-electron chi connectivity index (χ1n) is 7.29. The molecule has 2 rings (SSSR count). The molecule has 0 spiro atoms. The molecule has 1 N–H and O–H groups in total. The summed E-state index contributed by atoms with van der Waals surface area (Å²) in [4.78, 5) is 18.4. The third-order valence-corrected chi connectivity index (χ3v) is 5.28. The van der Waals surface area contributed by atoms with Crippen LogP contribution in [0.1, 0.15) is 53.5 Å². The van der Waals surface area contributed by atoms with Crippen LogP contribution in [0.15, 0.2) is 0 Å². The van der Waals surface area contributed by atoms with Crippen LogP contribution < -0.4 is 0 Å². The Labute approximate surface area is 124 Å². The van der Waals surface area contributed by atoms with Crippen molar-refractivity contribution in [2.24, 2.45) is 11.8 Å². The van der Waals surface area contributed by atoms with E-state index in [4.69, 9.17) is 5.11 Å². The summed E-state index contributed by atoms with van der Waals surface area (Å²) in [5, 5.41) is 10.1. The normalized spacial score (nSPS) is 25.6. The van der Waals surface area contributed by atoms with Crippen molar-refractivity contribution in [1.29, 1.82) is 0 Å². The number of hydrogen-bond acceptors (Lipinski definition) is 4. The van der Waals surface area contributed by atoms with Gasteiger partial charge in [-0.05, 0) is 25.2 Å². The van der Waals surface area contributed by atoms with Crippen LogP contribution in [-0.4, -0.2) is 40.6 Å². The Balaban J connectivity index is 2.02. The molecule has 2 heterocycles. The summed E-state index contributed by atoms with van der Waals surface area (Å²) < 4.78 is 0. The number of aryl methyl sites for hydroxylation is 1. The lowest BCUT2D eigenvalue weighted by Crippen LogP contribution is -2.40. The van der Waals surface area contributed by atoms with Gasteiger partial charge in [0.25, 0.3) is 0 Å². The van der Waals surface area contributed by atoms with E-state index in [0.717, 1.165) is 36.5 Å². The average Bonchev–Trinajstić information content (AvgIpc) is 2.70. The average molecular weight is 296 g/mol. The molecule has 5 heteroatoms. The number of carbonyl (C=O) groups is 1. The topological polar surface area (TPSA) is 53.4 Å². The summed E-state index contributed by atoms with van der Waals surface area (Å²) in [6.45, 7) is 11.8. The smallest absolute Gasteiger partial charge is 0.347 e. The molecule has 1 saturated heterocycles. The van der Waals surface area contributed by atoms with Gasteiger partial charge in [-0.2, -0.15) is 0 Å². The first-order chi connectivity index (χ1) is 9.36. The number of nitrogens with zero attached hydrogens (tertiary/aromatic N) is 2. The Morgan fingerprint density at radius 2 is 2.05 bits per heavy atom. The van der Waals surface area contributed by atoms with Crippen molar-refractivity contribution in [3.8, 4) is 0 Å². The van der Waals surface area contributed by atoms with Crippen LogP contribution in [0.4, 0.5) is 0 Å². The fourth-order valence-corrected chi connectivity index (χ4v) is 4.18. The monoisotopic (exact) mass is 296 g/mol. The van der Waals surface area contributed by atoms with Crippen molar-refractivity contribution >= 4 is 17.3 Å². The first kappa shape index (κ1) is 15.4. The second-order valence-corrected chi connectivity index (χ2v) is 7.37. The molecule has 20 heavy (non-hydrogen) atoms. The summed E-state index contributed by atoms with van der Waals surface area (Å²) in [5.41, 5.74) is 0.643. The Kier molecular flexibility index (Phi) is 4.81. The highest BCUT2D eigenvalue weighted by Crippen LogP contribution is 2.28. The van der Waals surface area contributed by atoms with Crippen molar-refractivity contribution in [3.05, 3.63) is 15.6 Å². The highest BCUT2D eigenvalue weighted by Gasteiger charge is 2.25. The minimum absolute atomic E-state index is 0.296. The molecule has 1 fully saturated rings. The number of carboxylic acids is 1. The number of carboxylic acid groups (broad SMARTS) is 1. The number of hydrogen-bond donors (Lipinski definition) is 1. The molecule has 1 aromatic heterocycles. The molecule has 3 unspecified atom stereocenters. The zero-order valence-electron chi connectivity index (χ0n) is 12.7. The third kappa shape index (κ3) is 3.58. The second kappa shape index (κ2) is 6.22. The molecule has 1 aromatic rings. The fourth-order valence-electron chi connectivity index (χ4n) is 3.23. The van der Waals surface area contributed by atoms with E-state index in [-0.39, 0.29) is 0 Å².